The Morgan fingerprint density at radius 2 is 1.76 bits per heavy atom. The molecule has 0 saturated heterocycles. The van der Waals surface area contributed by atoms with Gasteiger partial charge in [-0.2, -0.15) is 0 Å². The fraction of sp³-hybridized carbons (Fsp3) is 0.167. The van der Waals surface area contributed by atoms with Gasteiger partial charge in [0.1, 0.15) is 0 Å². The van der Waals surface area contributed by atoms with E-state index in [9.17, 15) is 4.79 Å². The van der Waals surface area contributed by atoms with E-state index in [1.165, 1.54) is 22.5 Å². The molecule has 1 aromatic heterocycles. The van der Waals surface area contributed by atoms with Crippen molar-refractivity contribution >= 4 is 34.1 Å². The Balaban J connectivity index is 1.51. The van der Waals surface area contributed by atoms with Crippen molar-refractivity contribution in [3.8, 4) is 0 Å². The molecule has 2 aromatic carbocycles. The summed E-state index contributed by atoms with van der Waals surface area (Å²) in [5.41, 5.74) is 9.33. The van der Waals surface area contributed by atoms with Gasteiger partial charge in [-0.15, -0.1) is 10.2 Å². The van der Waals surface area contributed by atoms with Crippen LogP contribution in [-0.2, 0) is 12.3 Å². The van der Waals surface area contributed by atoms with Gasteiger partial charge in [-0.1, -0.05) is 65.1 Å². The van der Waals surface area contributed by atoms with Crippen LogP contribution in [0.1, 0.15) is 27.0 Å². The highest BCUT2D eigenvalue weighted by Crippen LogP contribution is 2.28. The molecule has 0 aliphatic rings. The number of rotatable bonds is 7. The molecule has 128 valence electrons. The number of thioether (sulfide) groups is 1. The van der Waals surface area contributed by atoms with Crippen LogP contribution in [0.15, 0.2) is 52.9 Å². The first kappa shape index (κ1) is 17.4. The molecule has 25 heavy (non-hydrogen) atoms. The van der Waals surface area contributed by atoms with Crippen LogP contribution in [0.4, 0.5) is 5.13 Å². The average Bonchev–Trinajstić information content (AvgIpc) is 3.08. The average molecular weight is 371 g/mol. The highest BCUT2D eigenvalue weighted by Gasteiger charge is 2.06. The number of anilines is 1. The van der Waals surface area contributed by atoms with Crippen molar-refractivity contribution in [3.05, 3.63) is 70.8 Å². The molecule has 0 spiro atoms. The van der Waals surface area contributed by atoms with Crippen LogP contribution in [0, 0.1) is 6.92 Å². The maximum Gasteiger partial charge on any atom is 0.248 e. The molecule has 0 aliphatic heterocycles. The molecular formula is C18H18N4OS2. The Bertz CT molecular complexity index is 844. The van der Waals surface area contributed by atoms with Crippen molar-refractivity contribution in [2.75, 3.05) is 5.32 Å². The number of nitrogens with zero attached hydrogens (tertiary/aromatic N) is 2. The number of benzene rings is 2. The molecule has 0 saturated carbocycles. The van der Waals surface area contributed by atoms with E-state index in [1.807, 2.05) is 12.1 Å². The lowest BCUT2D eigenvalue weighted by Crippen LogP contribution is -2.10. The predicted molar refractivity (Wildman–Crippen MR) is 103 cm³/mol. The summed E-state index contributed by atoms with van der Waals surface area (Å²) in [4.78, 5) is 11.1. The van der Waals surface area contributed by atoms with Gasteiger partial charge in [-0.25, -0.2) is 0 Å². The number of aryl methyl sites for hydroxylation is 1. The summed E-state index contributed by atoms with van der Waals surface area (Å²) in [5.74, 6) is 0.461. The first-order chi connectivity index (χ1) is 12.1. The van der Waals surface area contributed by atoms with Gasteiger partial charge in [0.25, 0.3) is 0 Å². The number of hydrogen-bond acceptors (Lipinski definition) is 6. The van der Waals surface area contributed by atoms with E-state index in [-0.39, 0.29) is 0 Å². The molecular weight excluding hydrogens is 352 g/mol. The fourth-order valence-corrected chi connectivity index (χ4v) is 3.84. The van der Waals surface area contributed by atoms with E-state index in [0.717, 1.165) is 20.8 Å². The maximum absolute atomic E-state index is 11.1. The number of nitrogens with one attached hydrogen (secondary N) is 1. The second-order valence-electron chi connectivity index (χ2n) is 5.56. The first-order valence-electron chi connectivity index (χ1n) is 7.74. The standard InChI is InChI=1S/C18H18N4OS2/c1-12-2-4-14(5-3-12)11-24-18-22-21-17(25-18)20-10-13-6-8-15(9-7-13)16(19)23/h2-9H,10-11H2,1H3,(H2,19,23)(H,20,21). The second kappa shape index (κ2) is 8.13. The molecule has 0 atom stereocenters. The lowest BCUT2D eigenvalue weighted by molar-refractivity contribution is 0.100. The van der Waals surface area contributed by atoms with Crippen LogP contribution in [0.2, 0.25) is 0 Å². The van der Waals surface area contributed by atoms with Crippen molar-refractivity contribution in [3.63, 3.8) is 0 Å². The third-order valence-corrected chi connectivity index (χ3v) is 5.66. The predicted octanol–water partition coefficient (Wildman–Crippen LogP) is 3.85. The Labute approximate surface area is 154 Å². The smallest absolute Gasteiger partial charge is 0.248 e. The van der Waals surface area contributed by atoms with E-state index < -0.39 is 5.91 Å². The summed E-state index contributed by atoms with van der Waals surface area (Å²) in [6, 6.07) is 15.7. The van der Waals surface area contributed by atoms with Crippen LogP contribution in [-0.4, -0.2) is 16.1 Å². The van der Waals surface area contributed by atoms with Crippen molar-refractivity contribution in [2.45, 2.75) is 23.6 Å². The van der Waals surface area contributed by atoms with Crippen LogP contribution in [0.25, 0.3) is 0 Å². The molecule has 5 nitrogen and oxygen atoms in total. The SMILES string of the molecule is Cc1ccc(CSc2nnc(NCc3ccc(C(N)=O)cc3)s2)cc1. The van der Waals surface area contributed by atoms with E-state index in [2.05, 4.69) is 46.7 Å². The Morgan fingerprint density at radius 1 is 1.08 bits per heavy atom. The Kier molecular flexibility index (Phi) is 5.67. The molecule has 1 heterocycles. The fourth-order valence-electron chi connectivity index (χ4n) is 2.13. The number of primary amides is 1. The summed E-state index contributed by atoms with van der Waals surface area (Å²) in [5, 5.41) is 12.4. The number of aromatic nitrogens is 2. The van der Waals surface area contributed by atoms with Crippen LogP contribution < -0.4 is 11.1 Å². The minimum Gasteiger partial charge on any atom is -0.366 e. The molecule has 3 aromatic rings. The highest BCUT2D eigenvalue weighted by atomic mass is 32.2. The van der Waals surface area contributed by atoms with Crippen molar-refractivity contribution in [2.24, 2.45) is 5.73 Å². The minimum absolute atomic E-state index is 0.418. The van der Waals surface area contributed by atoms with Crippen molar-refractivity contribution < 1.29 is 4.79 Å². The number of hydrogen-bond donors (Lipinski definition) is 2. The molecule has 3 rings (SSSR count). The third kappa shape index (κ3) is 5.04. The topological polar surface area (TPSA) is 80.9 Å². The minimum atomic E-state index is -0.418. The van der Waals surface area contributed by atoms with E-state index in [4.69, 9.17) is 5.73 Å². The number of carbonyl (C=O) groups is 1. The zero-order valence-corrected chi connectivity index (χ0v) is 15.4. The summed E-state index contributed by atoms with van der Waals surface area (Å²) in [7, 11) is 0. The van der Waals surface area contributed by atoms with Crippen molar-refractivity contribution in [1.29, 1.82) is 0 Å². The molecule has 3 N–H and O–H groups in total. The molecule has 0 bridgehead atoms. The highest BCUT2D eigenvalue weighted by molar-refractivity contribution is 8.00. The van der Waals surface area contributed by atoms with Gasteiger partial charge < -0.3 is 11.1 Å². The summed E-state index contributed by atoms with van der Waals surface area (Å²) < 4.78 is 0.937. The van der Waals surface area contributed by atoms with E-state index in [1.54, 1.807) is 23.9 Å². The van der Waals surface area contributed by atoms with Gasteiger partial charge in [0.2, 0.25) is 11.0 Å². The monoisotopic (exact) mass is 370 g/mol. The zero-order chi connectivity index (χ0) is 17.6. The van der Waals surface area contributed by atoms with Crippen LogP contribution >= 0.6 is 23.1 Å². The number of nitrogens with two attached hydrogens (primary N) is 1. The zero-order valence-electron chi connectivity index (χ0n) is 13.7. The second-order valence-corrected chi connectivity index (χ2v) is 7.76. The lowest BCUT2D eigenvalue weighted by Gasteiger charge is -2.03. The van der Waals surface area contributed by atoms with Gasteiger partial charge >= 0.3 is 0 Å². The number of carbonyl (C=O) groups excluding carboxylic acids is 1. The van der Waals surface area contributed by atoms with Crippen LogP contribution in [0.3, 0.4) is 0 Å². The number of amides is 1. The van der Waals surface area contributed by atoms with Gasteiger partial charge in [0.15, 0.2) is 4.34 Å². The quantitative estimate of drug-likeness (QED) is 0.618. The van der Waals surface area contributed by atoms with Crippen molar-refractivity contribution in [1.82, 2.24) is 10.2 Å². The Hall–Kier alpha value is -2.38. The Morgan fingerprint density at radius 3 is 2.44 bits per heavy atom. The molecule has 7 heteroatoms. The largest absolute Gasteiger partial charge is 0.366 e. The van der Waals surface area contributed by atoms with Gasteiger partial charge in [-0.05, 0) is 30.2 Å². The molecule has 0 fully saturated rings. The lowest BCUT2D eigenvalue weighted by atomic mass is 10.1. The molecule has 0 radical (unpaired) electrons. The normalized spacial score (nSPS) is 10.6. The molecule has 0 unspecified atom stereocenters. The van der Waals surface area contributed by atoms with Gasteiger partial charge in [-0.3, -0.25) is 4.79 Å². The molecule has 1 amide bonds. The first-order valence-corrected chi connectivity index (χ1v) is 9.55. The van der Waals surface area contributed by atoms with Gasteiger partial charge in [0, 0.05) is 17.9 Å². The van der Waals surface area contributed by atoms with E-state index >= 15 is 0 Å². The van der Waals surface area contributed by atoms with Gasteiger partial charge in [0.05, 0.1) is 0 Å². The van der Waals surface area contributed by atoms with Crippen LogP contribution in [0.5, 0.6) is 0 Å². The summed E-state index contributed by atoms with van der Waals surface area (Å²) >= 11 is 3.22. The summed E-state index contributed by atoms with van der Waals surface area (Å²) in [6.45, 7) is 2.71. The summed E-state index contributed by atoms with van der Waals surface area (Å²) in [6.07, 6.45) is 0. The van der Waals surface area contributed by atoms with E-state index in [0.29, 0.717) is 12.1 Å². The third-order valence-electron chi connectivity index (χ3n) is 3.57. The molecule has 0 aliphatic carbocycles. The maximum atomic E-state index is 11.1.